The van der Waals surface area contributed by atoms with Crippen LogP contribution < -0.4 is 20.7 Å². The second-order valence-electron chi connectivity index (χ2n) is 10.0. The average Bonchev–Trinajstić information content (AvgIpc) is 3.01. The van der Waals surface area contributed by atoms with E-state index < -0.39 is 53.7 Å². The smallest absolute Gasteiger partial charge is 0.452 e. The lowest BCUT2D eigenvalue weighted by Gasteiger charge is -2.27. The Morgan fingerprint density at radius 3 is 2.14 bits per heavy atom. The van der Waals surface area contributed by atoms with E-state index in [1.165, 1.54) is 63.6 Å². The topological polar surface area (TPSA) is 150 Å². The maximum Gasteiger partial charge on any atom is 0.452 e. The number of methoxy groups -OCH3 is 1. The zero-order valence-corrected chi connectivity index (χ0v) is 24.0. The van der Waals surface area contributed by atoms with Crippen molar-refractivity contribution in [2.45, 2.75) is 44.6 Å². The second-order valence-corrected chi connectivity index (χ2v) is 10.0. The van der Waals surface area contributed by atoms with Crippen LogP contribution in [0.4, 0.5) is 13.2 Å². The van der Waals surface area contributed by atoms with Gasteiger partial charge in [0.05, 0.1) is 24.8 Å². The summed E-state index contributed by atoms with van der Waals surface area (Å²) in [5.41, 5.74) is 0.810. The van der Waals surface area contributed by atoms with Crippen LogP contribution in [0.2, 0.25) is 0 Å². The van der Waals surface area contributed by atoms with E-state index in [0.29, 0.717) is 11.3 Å². The van der Waals surface area contributed by atoms with Crippen LogP contribution in [-0.4, -0.2) is 53.9 Å². The third kappa shape index (κ3) is 8.64. The van der Waals surface area contributed by atoms with Gasteiger partial charge in [-0.05, 0) is 47.4 Å². The predicted molar refractivity (Wildman–Crippen MR) is 152 cm³/mol. The number of hydrogen-bond acceptors (Lipinski definition) is 7. The number of pyridine rings is 1. The molecule has 44 heavy (non-hydrogen) atoms. The highest BCUT2D eigenvalue weighted by molar-refractivity contribution is 5.98. The van der Waals surface area contributed by atoms with Crippen LogP contribution in [0.25, 0.3) is 0 Å². The summed E-state index contributed by atoms with van der Waals surface area (Å²) in [7, 11) is 1.41. The zero-order chi connectivity index (χ0) is 32.4. The number of nitrogens with zero attached hydrogens (tertiary/aromatic N) is 2. The fourth-order valence-corrected chi connectivity index (χ4v) is 4.25. The minimum atomic E-state index is -5.21. The Bertz CT molecular complexity index is 1520. The van der Waals surface area contributed by atoms with Gasteiger partial charge in [0, 0.05) is 12.6 Å². The van der Waals surface area contributed by atoms with Crippen molar-refractivity contribution in [2.24, 2.45) is 5.92 Å². The minimum Gasteiger partial charge on any atom is -0.497 e. The average molecular weight is 610 g/mol. The van der Waals surface area contributed by atoms with E-state index in [9.17, 15) is 37.6 Å². The Balaban J connectivity index is 1.99. The first-order chi connectivity index (χ1) is 20.8. The molecule has 0 aliphatic heterocycles. The van der Waals surface area contributed by atoms with Crippen LogP contribution in [0.1, 0.15) is 47.1 Å². The molecule has 3 rings (SSSR count). The number of halogens is 3. The molecule has 230 valence electrons. The molecule has 10 nitrogen and oxygen atoms in total. The van der Waals surface area contributed by atoms with E-state index in [4.69, 9.17) is 4.74 Å². The summed E-state index contributed by atoms with van der Waals surface area (Å²) in [5, 5.41) is 16.8. The lowest BCUT2D eigenvalue weighted by molar-refractivity contribution is -0.175. The van der Waals surface area contributed by atoms with Crippen LogP contribution >= 0.6 is 0 Å². The van der Waals surface area contributed by atoms with Crippen LogP contribution in [-0.2, 0) is 20.8 Å². The molecule has 3 unspecified atom stereocenters. The number of nitrogens with one attached hydrogen (secondary N) is 3. The molecule has 0 aliphatic carbocycles. The van der Waals surface area contributed by atoms with E-state index in [1.807, 2.05) is 6.07 Å². The monoisotopic (exact) mass is 609 g/mol. The van der Waals surface area contributed by atoms with Crippen molar-refractivity contribution in [2.75, 3.05) is 7.11 Å². The summed E-state index contributed by atoms with van der Waals surface area (Å²) in [5.74, 6) is -5.38. The van der Waals surface area contributed by atoms with Crippen LogP contribution in [0.3, 0.4) is 0 Å². The SMILES string of the molecule is COc1ccc(C(NC(=O)C(Cc2ccccc2C#N)NC(=O)c2ccccn2)C(=O)NC(C(=O)C(F)(F)F)C(C)C)cc1. The molecule has 0 spiro atoms. The van der Waals surface area contributed by atoms with Gasteiger partial charge in [0.15, 0.2) is 0 Å². The van der Waals surface area contributed by atoms with Crippen molar-refractivity contribution >= 4 is 23.5 Å². The molecule has 3 atom stereocenters. The first kappa shape index (κ1) is 33.3. The molecule has 2 aromatic carbocycles. The number of nitriles is 1. The van der Waals surface area contributed by atoms with Crippen LogP contribution in [0.15, 0.2) is 72.9 Å². The van der Waals surface area contributed by atoms with Gasteiger partial charge in [0.1, 0.15) is 23.5 Å². The van der Waals surface area contributed by atoms with E-state index in [1.54, 1.807) is 30.3 Å². The number of benzene rings is 2. The van der Waals surface area contributed by atoms with Gasteiger partial charge < -0.3 is 20.7 Å². The van der Waals surface area contributed by atoms with Crippen molar-refractivity contribution < 1.29 is 37.1 Å². The van der Waals surface area contributed by atoms with Gasteiger partial charge in [-0.2, -0.15) is 18.4 Å². The highest BCUT2D eigenvalue weighted by atomic mass is 19.4. The third-order valence-corrected chi connectivity index (χ3v) is 6.61. The number of alkyl halides is 3. The number of rotatable bonds is 12. The molecule has 0 radical (unpaired) electrons. The molecule has 3 amide bonds. The Morgan fingerprint density at radius 1 is 0.909 bits per heavy atom. The molecule has 0 fully saturated rings. The summed E-state index contributed by atoms with van der Waals surface area (Å²) < 4.78 is 45.1. The number of ketones is 1. The molecule has 0 saturated heterocycles. The maximum atomic E-state index is 13.8. The lowest BCUT2D eigenvalue weighted by atomic mass is 9.97. The van der Waals surface area contributed by atoms with E-state index in [-0.39, 0.29) is 23.2 Å². The Labute approximate surface area is 251 Å². The fourth-order valence-electron chi connectivity index (χ4n) is 4.25. The van der Waals surface area contributed by atoms with Crippen molar-refractivity contribution in [3.8, 4) is 11.8 Å². The van der Waals surface area contributed by atoms with Gasteiger partial charge in [0.25, 0.3) is 11.7 Å². The van der Waals surface area contributed by atoms with Crippen molar-refractivity contribution in [1.29, 1.82) is 5.26 Å². The van der Waals surface area contributed by atoms with Crippen LogP contribution in [0.5, 0.6) is 5.75 Å². The van der Waals surface area contributed by atoms with Crippen LogP contribution in [0, 0.1) is 17.2 Å². The van der Waals surface area contributed by atoms with Gasteiger partial charge in [-0.3, -0.25) is 24.2 Å². The second kappa shape index (κ2) is 14.8. The standard InChI is InChI=1S/C31H30F3N5O5/c1-18(2)25(27(40)31(32,33)34)38-30(43)26(19-11-13-22(44-3)14-12-19)39-29(42)24(16-20-8-4-5-9-21(20)17-35)37-28(41)23-10-6-7-15-36-23/h4-15,18,24-26H,16H2,1-3H3,(H,37,41)(H,38,43)(H,39,42). The van der Waals surface area contributed by atoms with Gasteiger partial charge in [-0.25, -0.2) is 0 Å². The van der Waals surface area contributed by atoms with Crippen molar-refractivity contribution in [3.05, 3.63) is 95.3 Å². The number of Topliss-reactive ketones (excluding diaryl/α,β-unsaturated/α-hetero) is 1. The van der Waals surface area contributed by atoms with Gasteiger partial charge in [-0.1, -0.05) is 50.2 Å². The molecule has 1 aromatic heterocycles. The third-order valence-electron chi connectivity index (χ3n) is 6.61. The first-order valence-corrected chi connectivity index (χ1v) is 13.4. The molecule has 13 heteroatoms. The minimum absolute atomic E-state index is 0.00578. The summed E-state index contributed by atoms with van der Waals surface area (Å²) in [6.07, 6.45) is -4.01. The number of amides is 3. The predicted octanol–water partition coefficient (Wildman–Crippen LogP) is 3.43. The molecule has 3 aromatic rings. The fraction of sp³-hybridized carbons (Fsp3) is 0.290. The highest BCUT2D eigenvalue weighted by Crippen LogP contribution is 2.23. The summed E-state index contributed by atoms with van der Waals surface area (Å²) in [4.78, 5) is 56.3. The Morgan fingerprint density at radius 2 is 1.57 bits per heavy atom. The quantitative estimate of drug-likeness (QED) is 0.285. The summed E-state index contributed by atoms with van der Waals surface area (Å²) in [6.45, 7) is 2.68. The van der Waals surface area contributed by atoms with E-state index >= 15 is 0 Å². The first-order valence-electron chi connectivity index (χ1n) is 13.4. The number of hydrogen-bond donors (Lipinski definition) is 3. The van der Waals surface area contributed by atoms with Gasteiger partial charge in [0.2, 0.25) is 11.8 Å². The molecule has 0 saturated carbocycles. The molecule has 1 heterocycles. The Hall–Kier alpha value is -5.25. The maximum absolute atomic E-state index is 13.8. The number of ether oxygens (including phenoxy) is 1. The number of aromatic nitrogens is 1. The van der Waals surface area contributed by atoms with Crippen molar-refractivity contribution in [1.82, 2.24) is 20.9 Å². The number of carbonyl (C=O) groups is 4. The molecule has 0 aliphatic rings. The normalized spacial score (nSPS) is 13.1. The molecular weight excluding hydrogens is 579 g/mol. The highest BCUT2D eigenvalue weighted by Gasteiger charge is 2.45. The molecule has 3 N–H and O–H groups in total. The largest absolute Gasteiger partial charge is 0.497 e. The van der Waals surface area contributed by atoms with E-state index in [2.05, 4.69) is 20.9 Å². The number of carbonyl (C=O) groups excluding carboxylic acids is 4. The van der Waals surface area contributed by atoms with Crippen molar-refractivity contribution in [3.63, 3.8) is 0 Å². The van der Waals surface area contributed by atoms with Gasteiger partial charge in [-0.15, -0.1) is 0 Å². The summed E-state index contributed by atoms with van der Waals surface area (Å²) in [6, 6.07) is 13.9. The Kier molecular flexibility index (Phi) is 11.2. The van der Waals surface area contributed by atoms with E-state index in [0.717, 1.165) is 0 Å². The summed E-state index contributed by atoms with van der Waals surface area (Å²) >= 11 is 0. The zero-order valence-electron chi connectivity index (χ0n) is 24.0. The molecular formula is C31H30F3N5O5. The van der Waals surface area contributed by atoms with Gasteiger partial charge >= 0.3 is 6.18 Å². The molecule has 0 bridgehead atoms. The lowest BCUT2D eigenvalue weighted by Crippen LogP contribution is -2.55.